The maximum absolute atomic E-state index is 12.6. The van der Waals surface area contributed by atoms with Crippen LogP contribution in [0.5, 0.6) is 5.75 Å². The van der Waals surface area contributed by atoms with Crippen molar-refractivity contribution >= 4 is 15.7 Å². The second kappa shape index (κ2) is 6.01. The Labute approximate surface area is 139 Å². The molecule has 0 bridgehead atoms. The number of rotatable bonds is 4. The Hall–Kier alpha value is -2.80. The largest absolute Gasteiger partial charge is 0.508 e. The van der Waals surface area contributed by atoms with Crippen LogP contribution in [0.2, 0.25) is 0 Å². The van der Waals surface area contributed by atoms with Gasteiger partial charge in [0, 0.05) is 0 Å². The maximum atomic E-state index is 12.6. The number of aromatic hydroxyl groups is 1. The van der Waals surface area contributed by atoms with E-state index in [-0.39, 0.29) is 22.2 Å². The van der Waals surface area contributed by atoms with Crippen molar-refractivity contribution < 1.29 is 17.9 Å². The van der Waals surface area contributed by atoms with E-state index < -0.39 is 10.0 Å². The second-order valence-electron chi connectivity index (χ2n) is 5.42. The Morgan fingerprint density at radius 3 is 2.54 bits per heavy atom. The third-order valence-corrected chi connectivity index (χ3v) is 5.06. The van der Waals surface area contributed by atoms with Crippen molar-refractivity contribution in [2.75, 3.05) is 4.72 Å². The average Bonchev–Trinajstić information content (AvgIpc) is 3.05. The van der Waals surface area contributed by atoms with Crippen LogP contribution in [-0.4, -0.2) is 18.5 Å². The van der Waals surface area contributed by atoms with E-state index in [2.05, 4.69) is 9.71 Å². The van der Waals surface area contributed by atoms with Gasteiger partial charge in [0.25, 0.3) is 10.0 Å². The molecule has 0 spiro atoms. The number of aryl methyl sites for hydroxylation is 2. The van der Waals surface area contributed by atoms with Crippen molar-refractivity contribution in [3.8, 4) is 17.2 Å². The molecule has 0 aliphatic heterocycles. The summed E-state index contributed by atoms with van der Waals surface area (Å²) < 4.78 is 33.0. The first-order valence-electron chi connectivity index (χ1n) is 7.20. The van der Waals surface area contributed by atoms with Gasteiger partial charge in [-0.15, -0.1) is 0 Å². The van der Waals surface area contributed by atoms with E-state index in [1.165, 1.54) is 30.7 Å². The number of anilines is 1. The summed E-state index contributed by atoms with van der Waals surface area (Å²) in [6, 6.07) is 9.18. The van der Waals surface area contributed by atoms with Gasteiger partial charge in [0.15, 0.2) is 0 Å². The first-order chi connectivity index (χ1) is 11.4. The minimum atomic E-state index is -3.78. The third-order valence-electron chi connectivity index (χ3n) is 3.70. The van der Waals surface area contributed by atoms with Gasteiger partial charge < -0.3 is 9.52 Å². The minimum absolute atomic E-state index is 0.0164. The van der Waals surface area contributed by atoms with Crippen LogP contribution >= 0.6 is 0 Å². The van der Waals surface area contributed by atoms with Gasteiger partial charge >= 0.3 is 0 Å². The summed E-state index contributed by atoms with van der Waals surface area (Å²) in [6.07, 6.45) is 2.82. The highest BCUT2D eigenvalue weighted by molar-refractivity contribution is 7.92. The van der Waals surface area contributed by atoms with Gasteiger partial charge in [-0.3, -0.25) is 4.72 Å². The predicted molar refractivity (Wildman–Crippen MR) is 90.3 cm³/mol. The second-order valence-corrected chi connectivity index (χ2v) is 7.10. The van der Waals surface area contributed by atoms with Gasteiger partial charge in [-0.2, -0.15) is 0 Å². The first-order valence-corrected chi connectivity index (χ1v) is 8.68. The lowest BCUT2D eigenvalue weighted by atomic mass is 10.1. The number of aromatic nitrogens is 1. The number of phenols is 1. The van der Waals surface area contributed by atoms with E-state index in [0.717, 1.165) is 11.1 Å². The van der Waals surface area contributed by atoms with Crippen molar-refractivity contribution in [1.29, 1.82) is 0 Å². The van der Waals surface area contributed by atoms with E-state index in [1.807, 2.05) is 13.8 Å². The molecule has 0 aliphatic rings. The number of hydrogen-bond acceptors (Lipinski definition) is 5. The number of nitrogens with zero attached hydrogens (tertiary/aromatic N) is 1. The Morgan fingerprint density at radius 1 is 1.08 bits per heavy atom. The summed E-state index contributed by atoms with van der Waals surface area (Å²) >= 11 is 0. The normalized spacial score (nSPS) is 11.4. The third kappa shape index (κ3) is 3.11. The molecule has 0 aliphatic carbocycles. The van der Waals surface area contributed by atoms with Gasteiger partial charge in [0.2, 0.25) is 5.89 Å². The summed E-state index contributed by atoms with van der Waals surface area (Å²) in [5.74, 6) is 0.195. The van der Waals surface area contributed by atoms with E-state index >= 15 is 0 Å². The molecule has 2 N–H and O–H groups in total. The summed E-state index contributed by atoms with van der Waals surface area (Å²) in [6.45, 7) is 3.77. The van der Waals surface area contributed by atoms with Crippen LogP contribution in [0.3, 0.4) is 0 Å². The van der Waals surface area contributed by atoms with Gasteiger partial charge in [-0.1, -0.05) is 6.07 Å². The van der Waals surface area contributed by atoms with Crippen LogP contribution in [0.4, 0.5) is 5.69 Å². The van der Waals surface area contributed by atoms with Crippen molar-refractivity contribution in [3.05, 3.63) is 60.0 Å². The van der Waals surface area contributed by atoms with Gasteiger partial charge in [-0.25, -0.2) is 13.4 Å². The molecule has 7 heteroatoms. The lowest BCUT2D eigenvalue weighted by Crippen LogP contribution is -2.14. The molecule has 1 heterocycles. The van der Waals surface area contributed by atoms with Crippen molar-refractivity contribution in [3.63, 3.8) is 0 Å². The van der Waals surface area contributed by atoms with E-state index in [4.69, 9.17) is 4.42 Å². The van der Waals surface area contributed by atoms with Crippen LogP contribution in [0, 0.1) is 13.8 Å². The van der Waals surface area contributed by atoms with Crippen molar-refractivity contribution in [1.82, 2.24) is 4.98 Å². The van der Waals surface area contributed by atoms with Crippen LogP contribution in [0.15, 0.2) is 58.2 Å². The summed E-state index contributed by atoms with van der Waals surface area (Å²) in [5, 5.41) is 9.67. The Balaban J connectivity index is 2.03. The number of hydrogen-bond donors (Lipinski definition) is 2. The molecule has 2 aromatic carbocycles. The molecule has 0 radical (unpaired) electrons. The van der Waals surface area contributed by atoms with Crippen molar-refractivity contribution in [2.24, 2.45) is 0 Å². The molecule has 0 atom stereocenters. The molecule has 1 aromatic heterocycles. The molecule has 0 saturated heterocycles. The summed E-state index contributed by atoms with van der Waals surface area (Å²) in [5.41, 5.74) is 2.52. The molecular weight excluding hydrogens is 328 g/mol. The summed E-state index contributed by atoms with van der Waals surface area (Å²) in [4.78, 5) is 4.17. The number of nitrogens with one attached hydrogen (secondary N) is 1. The smallest absolute Gasteiger partial charge is 0.261 e. The standard InChI is InChI=1S/C17H16N2O4S/c1-11-3-5-14(9-12(11)2)24(21,22)19-16-6-4-13(20)10-15(16)17-18-7-8-23-17/h3-10,19-20H,1-2H3. The van der Waals surface area contributed by atoms with Gasteiger partial charge in [-0.05, 0) is 55.3 Å². The fourth-order valence-corrected chi connectivity index (χ4v) is 3.40. The lowest BCUT2D eigenvalue weighted by molar-refractivity contribution is 0.475. The molecule has 0 fully saturated rings. The fraction of sp³-hybridized carbons (Fsp3) is 0.118. The molecule has 0 saturated carbocycles. The molecule has 6 nitrogen and oxygen atoms in total. The Kier molecular flexibility index (Phi) is 4.02. The Morgan fingerprint density at radius 2 is 1.88 bits per heavy atom. The molecule has 3 rings (SSSR count). The van der Waals surface area contributed by atoms with E-state index in [1.54, 1.807) is 18.2 Å². The van der Waals surface area contributed by atoms with Gasteiger partial charge in [0.1, 0.15) is 12.0 Å². The summed E-state index contributed by atoms with van der Waals surface area (Å²) in [7, 11) is -3.78. The molecular formula is C17H16N2O4S. The number of phenolic OH excluding ortho intramolecular Hbond substituents is 1. The fourth-order valence-electron chi connectivity index (χ4n) is 2.24. The zero-order chi connectivity index (χ0) is 17.3. The highest BCUT2D eigenvalue weighted by Crippen LogP contribution is 2.32. The Bertz CT molecular complexity index is 980. The maximum Gasteiger partial charge on any atom is 0.261 e. The average molecular weight is 344 g/mol. The lowest BCUT2D eigenvalue weighted by Gasteiger charge is -2.12. The van der Waals surface area contributed by atoms with Crippen molar-refractivity contribution in [2.45, 2.75) is 18.7 Å². The zero-order valence-electron chi connectivity index (χ0n) is 13.1. The quantitative estimate of drug-likeness (QED) is 0.707. The van der Waals surface area contributed by atoms with Gasteiger partial charge in [0.05, 0.1) is 22.3 Å². The number of oxazole rings is 1. The minimum Gasteiger partial charge on any atom is -0.508 e. The number of benzene rings is 2. The zero-order valence-corrected chi connectivity index (χ0v) is 14.0. The molecule has 0 amide bonds. The topological polar surface area (TPSA) is 92.4 Å². The SMILES string of the molecule is Cc1ccc(S(=O)(=O)Nc2ccc(O)cc2-c2ncco2)cc1C. The highest BCUT2D eigenvalue weighted by Gasteiger charge is 2.19. The van der Waals surface area contributed by atoms with Crippen LogP contribution < -0.4 is 4.72 Å². The highest BCUT2D eigenvalue weighted by atomic mass is 32.2. The monoisotopic (exact) mass is 344 g/mol. The van der Waals surface area contributed by atoms with Crippen LogP contribution in [0.1, 0.15) is 11.1 Å². The molecule has 24 heavy (non-hydrogen) atoms. The predicted octanol–water partition coefficient (Wildman–Crippen LogP) is 3.46. The molecule has 0 unspecified atom stereocenters. The van der Waals surface area contributed by atoms with Crippen LogP contribution in [0.25, 0.3) is 11.5 Å². The van der Waals surface area contributed by atoms with E-state index in [0.29, 0.717) is 5.56 Å². The molecule has 3 aromatic rings. The molecule has 124 valence electrons. The van der Waals surface area contributed by atoms with E-state index in [9.17, 15) is 13.5 Å². The number of sulfonamides is 1. The van der Waals surface area contributed by atoms with Crippen LogP contribution in [-0.2, 0) is 10.0 Å². The first kappa shape index (κ1) is 16.1.